The van der Waals surface area contributed by atoms with E-state index in [0.717, 1.165) is 45.0 Å². The van der Waals surface area contributed by atoms with E-state index >= 15 is 0 Å². The molecule has 7 heteroatoms. The Labute approximate surface area is 229 Å². The SMILES string of the molecule is CNC(NC)c1ccc(-c2cn(Cc3cc(OCc4ccccc4)cc(OCc4ccccc4)c3)nn2)cc1. The van der Waals surface area contributed by atoms with Crippen LogP contribution in [0.15, 0.2) is 109 Å². The van der Waals surface area contributed by atoms with E-state index in [-0.39, 0.29) is 6.17 Å². The van der Waals surface area contributed by atoms with Crippen molar-refractivity contribution in [3.8, 4) is 22.8 Å². The minimum Gasteiger partial charge on any atom is -0.489 e. The van der Waals surface area contributed by atoms with E-state index in [1.165, 1.54) is 0 Å². The maximum absolute atomic E-state index is 6.15. The van der Waals surface area contributed by atoms with E-state index in [1.54, 1.807) is 0 Å². The van der Waals surface area contributed by atoms with Gasteiger partial charge in [-0.15, -0.1) is 5.10 Å². The minimum absolute atomic E-state index is 0.101. The smallest absolute Gasteiger partial charge is 0.123 e. The van der Waals surface area contributed by atoms with Crippen molar-refractivity contribution in [2.45, 2.75) is 25.9 Å². The minimum atomic E-state index is 0.101. The van der Waals surface area contributed by atoms with Crippen molar-refractivity contribution < 1.29 is 9.47 Å². The number of benzene rings is 4. The van der Waals surface area contributed by atoms with Crippen LogP contribution in [0.1, 0.15) is 28.4 Å². The van der Waals surface area contributed by atoms with Crippen molar-refractivity contribution >= 4 is 0 Å². The summed E-state index contributed by atoms with van der Waals surface area (Å²) in [6, 6.07) is 34.6. The molecule has 0 bridgehead atoms. The molecule has 0 aliphatic rings. The molecule has 5 rings (SSSR count). The molecule has 0 radical (unpaired) electrons. The summed E-state index contributed by atoms with van der Waals surface area (Å²) < 4.78 is 14.1. The Morgan fingerprint density at radius 1 is 0.692 bits per heavy atom. The predicted molar refractivity (Wildman–Crippen MR) is 153 cm³/mol. The van der Waals surface area contributed by atoms with E-state index in [0.29, 0.717) is 19.8 Å². The lowest BCUT2D eigenvalue weighted by Gasteiger charge is -2.15. The number of nitrogens with one attached hydrogen (secondary N) is 2. The van der Waals surface area contributed by atoms with Gasteiger partial charge in [0.15, 0.2) is 0 Å². The van der Waals surface area contributed by atoms with Crippen molar-refractivity contribution in [3.63, 3.8) is 0 Å². The number of hydrogen-bond donors (Lipinski definition) is 2. The molecule has 39 heavy (non-hydrogen) atoms. The monoisotopic (exact) mass is 519 g/mol. The third-order valence-corrected chi connectivity index (χ3v) is 6.44. The fourth-order valence-corrected chi connectivity index (χ4v) is 4.39. The molecule has 198 valence electrons. The van der Waals surface area contributed by atoms with Crippen LogP contribution in [0.2, 0.25) is 0 Å². The first-order valence-electron chi connectivity index (χ1n) is 13.0. The molecule has 0 spiro atoms. The molecule has 0 aliphatic carbocycles. The van der Waals surface area contributed by atoms with Crippen LogP contribution in [0.3, 0.4) is 0 Å². The third kappa shape index (κ3) is 7.10. The lowest BCUT2D eigenvalue weighted by Crippen LogP contribution is -2.28. The van der Waals surface area contributed by atoms with E-state index < -0.39 is 0 Å². The molecule has 0 saturated heterocycles. The topological polar surface area (TPSA) is 73.2 Å². The van der Waals surface area contributed by atoms with Crippen molar-refractivity contribution in [1.82, 2.24) is 25.6 Å². The highest BCUT2D eigenvalue weighted by Crippen LogP contribution is 2.26. The molecule has 0 saturated carbocycles. The van der Waals surface area contributed by atoms with Gasteiger partial charge in [0.2, 0.25) is 0 Å². The Hall–Kier alpha value is -4.46. The van der Waals surface area contributed by atoms with Crippen LogP contribution >= 0.6 is 0 Å². The van der Waals surface area contributed by atoms with Gasteiger partial charge in [0.1, 0.15) is 30.4 Å². The molecular formula is C32H33N5O2. The highest BCUT2D eigenvalue weighted by Gasteiger charge is 2.10. The van der Waals surface area contributed by atoms with Gasteiger partial charge in [0.05, 0.1) is 18.9 Å². The first-order valence-corrected chi connectivity index (χ1v) is 13.0. The average Bonchev–Trinajstić information content (AvgIpc) is 3.45. The number of ether oxygens (including phenoxy) is 2. The molecule has 1 heterocycles. The van der Waals surface area contributed by atoms with Gasteiger partial charge >= 0.3 is 0 Å². The third-order valence-electron chi connectivity index (χ3n) is 6.44. The second kappa shape index (κ2) is 12.9. The highest BCUT2D eigenvalue weighted by atomic mass is 16.5. The normalized spacial score (nSPS) is 11.1. The maximum Gasteiger partial charge on any atom is 0.123 e. The van der Waals surface area contributed by atoms with E-state index in [4.69, 9.17) is 9.47 Å². The van der Waals surface area contributed by atoms with E-state index in [9.17, 15) is 0 Å². The Bertz CT molecular complexity index is 1390. The Balaban J connectivity index is 1.32. The standard InChI is InChI=1S/C32H33N5O2/c1-33-32(34-2)28-15-13-27(14-16-28)31-21-37(36-35-31)20-26-17-29(38-22-24-9-5-3-6-10-24)19-30(18-26)39-23-25-11-7-4-8-12-25/h3-19,21,32-34H,20,22-23H2,1-2H3. The Kier molecular flexibility index (Phi) is 8.63. The molecule has 5 aromatic rings. The zero-order chi connectivity index (χ0) is 26.9. The van der Waals surface area contributed by atoms with Crippen LogP contribution < -0.4 is 20.1 Å². The van der Waals surface area contributed by atoms with Crippen molar-refractivity contribution in [2.24, 2.45) is 0 Å². The zero-order valence-corrected chi connectivity index (χ0v) is 22.2. The van der Waals surface area contributed by atoms with Crippen LogP contribution in [0.25, 0.3) is 11.3 Å². The van der Waals surface area contributed by atoms with Gasteiger partial charge < -0.3 is 20.1 Å². The van der Waals surface area contributed by atoms with Crippen molar-refractivity contribution in [2.75, 3.05) is 14.1 Å². The van der Waals surface area contributed by atoms with Gasteiger partial charge in [-0.3, -0.25) is 0 Å². The summed E-state index contributed by atoms with van der Waals surface area (Å²) >= 11 is 0. The summed E-state index contributed by atoms with van der Waals surface area (Å²) in [5.41, 5.74) is 6.23. The Morgan fingerprint density at radius 3 is 1.79 bits per heavy atom. The largest absolute Gasteiger partial charge is 0.489 e. The van der Waals surface area contributed by atoms with Crippen LogP contribution in [0.4, 0.5) is 0 Å². The first kappa shape index (κ1) is 26.2. The summed E-state index contributed by atoms with van der Waals surface area (Å²) in [5, 5.41) is 15.3. The van der Waals surface area contributed by atoms with Gasteiger partial charge in [-0.2, -0.15) is 0 Å². The number of hydrogen-bond acceptors (Lipinski definition) is 6. The lowest BCUT2D eigenvalue weighted by atomic mass is 10.1. The number of rotatable bonds is 12. The van der Waals surface area contributed by atoms with E-state index in [1.807, 2.05) is 79.6 Å². The summed E-state index contributed by atoms with van der Waals surface area (Å²) in [6.07, 6.45) is 2.06. The second-order valence-corrected chi connectivity index (χ2v) is 9.29. The summed E-state index contributed by atoms with van der Waals surface area (Å²) in [4.78, 5) is 0. The van der Waals surface area contributed by atoms with Crippen LogP contribution in [0.5, 0.6) is 11.5 Å². The molecule has 0 unspecified atom stereocenters. The van der Waals surface area contributed by atoms with Gasteiger partial charge in [-0.25, -0.2) is 4.68 Å². The van der Waals surface area contributed by atoms with Gasteiger partial charge in [-0.05, 0) is 48.5 Å². The maximum atomic E-state index is 6.15. The van der Waals surface area contributed by atoms with Crippen molar-refractivity contribution in [3.05, 3.63) is 132 Å². The first-order chi connectivity index (χ1) is 19.2. The lowest BCUT2D eigenvalue weighted by molar-refractivity contribution is 0.289. The van der Waals surface area contributed by atoms with Crippen LogP contribution in [-0.4, -0.2) is 29.1 Å². The average molecular weight is 520 g/mol. The zero-order valence-electron chi connectivity index (χ0n) is 22.2. The molecule has 7 nitrogen and oxygen atoms in total. The van der Waals surface area contributed by atoms with Crippen molar-refractivity contribution in [1.29, 1.82) is 0 Å². The number of aromatic nitrogens is 3. The second-order valence-electron chi connectivity index (χ2n) is 9.29. The van der Waals surface area contributed by atoms with Crippen LogP contribution in [0, 0.1) is 0 Å². The molecular weight excluding hydrogens is 486 g/mol. The number of nitrogens with zero attached hydrogens (tertiary/aromatic N) is 3. The van der Waals surface area contributed by atoms with Gasteiger partial charge in [0, 0.05) is 11.6 Å². The highest BCUT2D eigenvalue weighted by molar-refractivity contribution is 5.58. The predicted octanol–water partition coefficient (Wildman–Crippen LogP) is 5.59. The molecule has 2 N–H and O–H groups in total. The Morgan fingerprint density at radius 2 is 1.26 bits per heavy atom. The van der Waals surface area contributed by atoms with E-state index in [2.05, 4.69) is 69.5 Å². The summed E-state index contributed by atoms with van der Waals surface area (Å²) in [6.45, 7) is 1.50. The molecule has 0 aliphatic heterocycles. The molecule has 4 aromatic carbocycles. The fourth-order valence-electron chi connectivity index (χ4n) is 4.39. The summed E-state index contributed by atoms with van der Waals surface area (Å²) in [7, 11) is 3.86. The molecule has 0 atom stereocenters. The molecule has 0 fully saturated rings. The molecule has 1 aromatic heterocycles. The molecule has 0 amide bonds. The van der Waals surface area contributed by atoms with Crippen LogP contribution in [-0.2, 0) is 19.8 Å². The van der Waals surface area contributed by atoms with Gasteiger partial charge in [-0.1, -0.05) is 90.1 Å². The summed E-state index contributed by atoms with van der Waals surface area (Å²) in [5.74, 6) is 1.50. The fraction of sp³-hybridized carbons (Fsp3) is 0.188. The quantitative estimate of drug-likeness (QED) is 0.209. The van der Waals surface area contributed by atoms with Gasteiger partial charge in [0.25, 0.3) is 0 Å².